The molecule has 2 aliphatic heterocycles. The van der Waals surface area contributed by atoms with Crippen molar-refractivity contribution in [2.45, 2.75) is 0 Å². The van der Waals surface area contributed by atoms with E-state index in [4.69, 9.17) is 9.97 Å². The first-order valence-electron chi connectivity index (χ1n) is 10.7. The standard InChI is InChI=1S/C28H18N4.Mg/c1-2-4-24-17(3-1)5-12-25-26-15-22-10-8-20(30-22)13-18-6-7-19(29-18)14-21-9-11-23(31-21)16-27(32-26)28(24)25;/h1-16,29,31H;. The van der Waals surface area contributed by atoms with E-state index in [0.29, 0.717) is 0 Å². The van der Waals surface area contributed by atoms with Gasteiger partial charge < -0.3 is 9.97 Å². The molecule has 2 N–H and O–H groups in total. The third-order valence-electron chi connectivity index (χ3n) is 6.04. The predicted molar refractivity (Wildman–Crippen MR) is 138 cm³/mol. The van der Waals surface area contributed by atoms with Gasteiger partial charge >= 0.3 is 0 Å². The van der Waals surface area contributed by atoms with E-state index >= 15 is 0 Å². The van der Waals surface area contributed by atoms with Crippen molar-refractivity contribution in [1.29, 1.82) is 0 Å². The number of fused-ring (bicyclic) bond motifs is 13. The molecule has 8 bridgehead atoms. The number of aromatic nitrogens is 4. The highest BCUT2D eigenvalue weighted by molar-refractivity contribution is 6.05. The van der Waals surface area contributed by atoms with Gasteiger partial charge in [-0.05, 0) is 71.5 Å². The molecule has 0 atom stereocenters. The fourth-order valence-corrected chi connectivity index (χ4v) is 4.59. The Morgan fingerprint density at radius 1 is 0.545 bits per heavy atom. The Hall–Kier alpha value is -3.67. The molecule has 33 heavy (non-hydrogen) atoms. The van der Waals surface area contributed by atoms with Crippen molar-refractivity contribution in [2.75, 3.05) is 0 Å². The van der Waals surface area contributed by atoms with Crippen molar-refractivity contribution >= 4 is 68.0 Å². The van der Waals surface area contributed by atoms with Gasteiger partial charge in [-0.2, -0.15) is 0 Å². The van der Waals surface area contributed by atoms with Crippen LogP contribution in [0.5, 0.6) is 0 Å². The molecule has 0 spiro atoms. The number of nitrogens with zero attached hydrogens (tertiary/aromatic N) is 2. The van der Waals surface area contributed by atoms with Gasteiger partial charge in [-0.3, -0.25) is 0 Å². The van der Waals surface area contributed by atoms with Crippen LogP contribution in [0, 0.1) is 0 Å². The second-order valence-electron chi connectivity index (χ2n) is 8.20. The molecule has 5 heteroatoms. The summed E-state index contributed by atoms with van der Waals surface area (Å²) in [6.07, 6.45) is 4.08. The van der Waals surface area contributed by atoms with Crippen LogP contribution in [0.4, 0.5) is 0 Å². The van der Waals surface area contributed by atoms with Crippen LogP contribution in [-0.4, -0.2) is 43.0 Å². The lowest BCUT2D eigenvalue weighted by molar-refractivity contribution is 1.31. The van der Waals surface area contributed by atoms with Crippen LogP contribution < -0.4 is 0 Å². The van der Waals surface area contributed by atoms with E-state index < -0.39 is 0 Å². The smallest absolute Gasteiger partial charge is 0.0743 e. The average Bonchev–Trinajstić information content (AvgIpc) is 3.59. The van der Waals surface area contributed by atoms with E-state index in [2.05, 4.69) is 94.9 Å². The summed E-state index contributed by atoms with van der Waals surface area (Å²) < 4.78 is 0. The molecule has 0 saturated heterocycles. The van der Waals surface area contributed by atoms with Crippen LogP contribution in [0.15, 0.2) is 84.9 Å². The molecule has 0 saturated carbocycles. The Morgan fingerprint density at radius 2 is 1.21 bits per heavy atom. The minimum absolute atomic E-state index is 0. The van der Waals surface area contributed by atoms with Crippen molar-refractivity contribution in [3.8, 4) is 22.5 Å². The minimum atomic E-state index is 0. The summed E-state index contributed by atoms with van der Waals surface area (Å²) >= 11 is 0. The zero-order valence-electron chi connectivity index (χ0n) is 17.8. The lowest BCUT2D eigenvalue weighted by Gasteiger charge is -2.05. The van der Waals surface area contributed by atoms with Gasteiger partial charge in [-0.1, -0.05) is 36.4 Å². The fourth-order valence-electron chi connectivity index (χ4n) is 4.59. The van der Waals surface area contributed by atoms with Crippen LogP contribution in [0.3, 0.4) is 0 Å². The zero-order chi connectivity index (χ0) is 21.1. The molecule has 5 heterocycles. The van der Waals surface area contributed by atoms with Crippen LogP contribution in [-0.2, 0) is 0 Å². The Labute approximate surface area is 206 Å². The van der Waals surface area contributed by atoms with Crippen LogP contribution in [0.1, 0.15) is 11.4 Å². The maximum atomic E-state index is 5.05. The number of aromatic amines is 2. The predicted octanol–water partition coefficient (Wildman–Crippen LogP) is 6.59. The van der Waals surface area contributed by atoms with Gasteiger partial charge in [0.1, 0.15) is 0 Å². The molecule has 2 aromatic carbocycles. The van der Waals surface area contributed by atoms with Gasteiger partial charge in [-0.25, -0.2) is 9.97 Å². The highest BCUT2D eigenvalue weighted by Crippen LogP contribution is 2.41. The summed E-state index contributed by atoms with van der Waals surface area (Å²) in [7, 11) is 0. The SMILES string of the molecule is C1=Cc2cc3ccc(cc4ccc(cc5nc(cc1n2)-c1ccc2ccccc2c1-5)[nH]4)[nH]3.[Mg]. The largest absolute Gasteiger partial charge is 0.355 e. The molecule has 0 amide bonds. The van der Waals surface area contributed by atoms with E-state index in [1.165, 1.54) is 16.3 Å². The van der Waals surface area contributed by atoms with Crippen molar-refractivity contribution in [2.24, 2.45) is 0 Å². The Bertz CT molecular complexity index is 1740. The number of hydrogen-bond donors (Lipinski definition) is 2. The Kier molecular flexibility index (Phi) is 4.67. The van der Waals surface area contributed by atoms with Gasteiger partial charge in [0.25, 0.3) is 0 Å². The van der Waals surface area contributed by atoms with Crippen LogP contribution >= 0.6 is 0 Å². The van der Waals surface area contributed by atoms with E-state index in [9.17, 15) is 0 Å². The van der Waals surface area contributed by atoms with Gasteiger partial charge in [0.2, 0.25) is 0 Å². The zero-order valence-corrected chi connectivity index (χ0v) is 19.3. The summed E-state index contributed by atoms with van der Waals surface area (Å²) in [5, 5.41) is 2.42. The second-order valence-corrected chi connectivity index (χ2v) is 8.20. The molecular weight excluding hydrogens is 417 g/mol. The maximum absolute atomic E-state index is 5.05. The lowest BCUT2D eigenvalue weighted by atomic mass is 9.97. The summed E-state index contributed by atoms with van der Waals surface area (Å²) in [5.74, 6) is 0. The highest BCUT2D eigenvalue weighted by atomic mass is 24.3. The highest BCUT2D eigenvalue weighted by Gasteiger charge is 2.19. The van der Waals surface area contributed by atoms with Crippen molar-refractivity contribution < 1.29 is 0 Å². The molecular formula is C28H18MgN4. The normalized spacial score (nSPS) is 11.9. The molecule has 2 radical (unpaired) electrons. The van der Waals surface area contributed by atoms with Crippen molar-refractivity contribution in [3.05, 3.63) is 96.3 Å². The van der Waals surface area contributed by atoms with Gasteiger partial charge in [-0.15, -0.1) is 0 Å². The lowest BCUT2D eigenvalue weighted by Crippen LogP contribution is -1.81. The first kappa shape index (κ1) is 20.0. The number of nitrogens with one attached hydrogen (secondary N) is 2. The molecule has 3 aromatic heterocycles. The quantitative estimate of drug-likeness (QED) is 0.264. The van der Waals surface area contributed by atoms with Crippen molar-refractivity contribution in [3.63, 3.8) is 0 Å². The second kappa shape index (κ2) is 7.73. The van der Waals surface area contributed by atoms with Crippen molar-refractivity contribution in [1.82, 2.24) is 19.9 Å². The summed E-state index contributed by atoms with van der Waals surface area (Å²) in [6, 6.07) is 29.5. The first-order valence-corrected chi connectivity index (χ1v) is 10.7. The first-order chi connectivity index (χ1) is 15.8. The van der Waals surface area contributed by atoms with Gasteiger partial charge in [0, 0.05) is 56.2 Å². The number of rotatable bonds is 0. The minimum Gasteiger partial charge on any atom is -0.355 e. The Balaban J connectivity index is 0.00000206. The molecule has 2 aliphatic rings. The Morgan fingerprint density at radius 3 is 2.00 bits per heavy atom. The van der Waals surface area contributed by atoms with Gasteiger partial charge in [0.15, 0.2) is 0 Å². The fraction of sp³-hybridized carbons (Fsp3) is 0. The number of H-pyrrole nitrogens is 2. The monoisotopic (exact) mass is 434 g/mol. The number of benzene rings is 2. The summed E-state index contributed by atoms with van der Waals surface area (Å²) in [4.78, 5) is 16.8. The summed E-state index contributed by atoms with van der Waals surface area (Å²) in [5.41, 5.74) is 10.2. The molecule has 0 aliphatic carbocycles. The van der Waals surface area contributed by atoms with Crippen LogP contribution in [0.25, 0.3) is 67.5 Å². The molecule has 5 aromatic rings. The number of hydrogen-bond acceptors (Lipinski definition) is 2. The maximum Gasteiger partial charge on any atom is 0.0743 e. The molecule has 7 rings (SSSR count). The summed E-state index contributed by atoms with van der Waals surface area (Å²) in [6.45, 7) is 0. The molecule has 152 valence electrons. The molecule has 0 fully saturated rings. The average molecular weight is 435 g/mol. The topological polar surface area (TPSA) is 57.4 Å². The van der Waals surface area contributed by atoms with E-state index in [1.54, 1.807) is 0 Å². The van der Waals surface area contributed by atoms with Crippen LogP contribution in [0.2, 0.25) is 0 Å². The third-order valence-corrected chi connectivity index (χ3v) is 6.04. The molecule has 4 nitrogen and oxygen atoms in total. The van der Waals surface area contributed by atoms with E-state index in [0.717, 1.165) is 50.4 Å². The molecule has 0 unspecified atom stereocenters. The van der Waals surface area contributed by atoms with E-state index in [1.807, 2.05) is 12.2 Å². The van der Waals surface area contributed by atoms with Gasteiger partial charge in [0.05, 0.1) is 22.8 Å². The van der Waals surface area contributed by atoms with E-state index in [-0.39, 0.29) is 23.1 Å². The third kappa shape index (κ3) is 3.46.